The van der Waals surface area contributed by atoms with Crippen LogP contribution in [0.4, 0.5) is 5.69 Å². The number of nitrogen functional groups attached to an aromatic ring is 1. The first-order chi connectivity index (χ1) is 7.65. The summed E-state index contributed by atoms with van der Waals surface area (Å²) in [6.45, 7) is 0.535. The largest absolute Gasteiger partial charge is 0.478 e. The number of rotatable bonds is 3. The number of nitrogens with two attached hydrogens (primary N) is 1. The van der Waals surface area contributed by atoms with Crippen molar-refractivity contribution in [3.63, 3.8) is 0 Å². The van der Waals surface area contributed by atoms with Gasteiger partial charge in [-0.1, -0.05) is 12.1 Å². The highest BCUT2D eigenvalue weighted by molar-refractivity contribution is 5.86. The lowest BCUT2D eigenvalue weighted by Crippen LogP contribution is -2.00. The minimum absolute atomic E-state index is 0.190. The summed E-state index contributed by atoms with van der Waals surface area (Å²) in [5.74, 6) is -0.969. The second-order valence-electron chi connectivity index (χ2n) is 3.47. The van der Waals surface area contributed by atoms with E-state index < -0.39 is 5.97 Å². The van der Waals surface area contributed by atoms with Crippen molar-refractivity contribution in [2.45, 2.75) is 6.54 Å². The van der Waals surface area contributed by atoms with Crippen LogP contribution in [0.1, 0.15) is 15.9 Å². The molecule has 0 aliphatic rings. The Bertz CT molecular complexity index is 502. The lowest BCUT2D eigenvalue weighted by molar-refractivity contribution is 0.0697. The van der Waals surface area contributed by atoms with E-state index in [0.29, 0.717) is 12.2 Å². The summed E-state index contributed by atoms with van der Waals surface area (Å²) in [5.41, 5.74) is 7.48. The summed E-state index contributed by atoms with van der Waals surface area (Å²) >= 11 is 0. The van der Waals surface area contributed by atoms with Gasteiger partial charge in [0, 0.05) is 11.9 Å². The van der Waals surface area contributed by atoms with E-state index in [1.807, 2.05) is 12.1 Å². The van der Waals surface area contributed by atoms with Gasteiger partial charge in [-0.3, -0.25) is 4.68 Å². The van der Waals surface area contributed by atoms with E-state index in [1.165, 1.54) is 12.4 Å². The topological polar surface area (TPSA) is 81.1 Å². The molecule has 82 valence electrons. The standard InChI is InChI=1S/C11H11N3O2/c12-10-3-1-8(2-4-10)6-14-7-9(5-13-14)11(15)16/h1-5,7H,6,12H2,(H,15,16). The highest BCUT2D eigenvalue weighted by Crippen LogP contribution is 2.07. The number of anilines is 1. The molecule has 0 radical (unpaired) electrons. The quantitative estimate of drug-likeness (QED) is 0.757. The second-order valence-corrected chi connectivity index (χ2v) is 3.47. The minimum Gasteiger partial charge on any atom is -0.478 e. The van der Waals surface area contributed by atoms with E-state index in [4.69, 9.17) is 10.8 Å². The van der Waals surface area contributed by atoms with Gasteiger partial charge >= 0.3 is 5.97 Å². The van der Waals surface area contributed by atoms with E-state index in [0.717, 1.165) is 5.56 Å². The molecule has 2 aromatic rings. The summed E-state index contributed by atoms with van der Waals surface area (Å²) in [6, 6.07) is 7.38. The Labute approximate surface area is 92.1 Å². The molecule has 1 aromatic carbocycles. The van der Waals surface area contributed by atoms with Crippen molar-refractivity contribution in [1.82, 2.24) is 9.78 Å². The van der Waals surface area contributed by atoms with Crippen molar-refractivity contribution in [3.05, 3.63) is 47.8 Å². The van der Waals surface area contributed by atoms with Crippen LogP contribution in [0, 0.1) is 0 Å². The molecule has 1 aromatic heterocycles. The molecule has 0 spiro atoms. The smallest absolute Gasteiger partial charge is 0.338 e. The van der Waals surface area contributed by atoms with E-state index in [1.54, 1.807) is 16.8 Å². The first-order valence-electron chi connectivity index (χ1n) is 4.75. The van der Waals surface area contributed by atoms with Crippen LogP contribution in [0.3, 0.4) is 0 Å². The third-order valence-corrected chi connectivity index (χ3v) is 2.20. The van der Waals surface area contributed by atoms with Crippen molar-refractivity contribution < 1.29 is 9.90 Å². The van der Waals surface area contributed by atoms with Crippen LogP contribution in [0.2, 0.25) is 0 Å². The Hall–Kier alpha value is -2.30. The number of nitrogens with zero attached hydrogens (tertiary/aromatic N) is 2. The van der Waals surface area contributed by atoms with Crippen LogP contribution < -0.4 is 5.73 Å². The van der Waals surface area contributed by atoms with Crippen LogP contribution >= 0.6 is 0 Å². The van der Waals surface area contributed by atoms with Gasteiger partial charge < -0.3 is 10.8 Å². The van der Waals surface area contributed by atoms with Gasteiger partial charge in [0.1, 0.15) is 0 Å². The Kier molecular flexibility index (Phi) is 2.59. The number of aromatic carboxylic acids is 1. The third kappa shape index (κ3) is 2.20. The molecular formula is C11H11N3O2. The molecule has 0 aliphatic carbocycles. The Morgan fingerprint density at radius 1 is 1.38 bits per heavy atom. The summed E-state index contributed by atoms with van der Waals surface area (Å²) in [6.07, 6.45) is 2.83. The van der Waals surface area contributed by atoms with Gasteiger partial charge in [0.25, 0.3) is 0 Å². The maximum absolute atomic E-state index is 10.6. The Morgan fingerprint density at radius 2 is 2.06 bits per heavy atom. The Balaban J connectivity index is 2.14. The average Bonchev–Trinajstić information content (AvgIpc) is 2.70. The number of aromatic nitrogens is 2. The number of carboxylic acid groups (broad SMARTS) is 1. The molecule has 0 unspecified atom stereocenters. The molecule has 1 heterocycles. The monoisotopic (exact) mass is 217 g/mol. The number of benzene rings is 1. The van der Waals surface area contributed by atoms with Gasteiger partial charge in [-0.25, -0.2) is 4.79 Å². The summed E-state index contributed by atoms with van der Waals surface area (Å²) in [5, 5.41) is 12.7. The minimum atomic E-state index is -0.969. The van der Waals surface area contributed by atoms with Crippen LogP contribution in [0.5, 0.6) is 0 Å². The molecule has 0 saturated heterocycles. The average molecular weight is 217 g/mol. The van der Waals surface area contributed by atoms with Gasteiger partial charge in [-0.15, -0.1) is 0 Å². The predicted molar refractivity (Wildman–Crippen MR) is 59.1 cm³/mol. The molecule has 2 rings (SSSR count). The molecule has 0 bridgehead atoms. The van der Waals surface area contributed by atoms with Crippen molar-refractivity contribution in [3.8, 4) is 0 Å². The van der Waals surface area contributed by atoms with Crippen LogP contribution in [-0.4, -0.2) is 20.9 Å². The highest BCUT2D eigenvalue weighted by Gasteiger charge is 2.05. The van der Waals surface area contributed by atoms with Crippen LogP contribution in [0.25, 0.3) is 0 Å². The fraction of sp³-hybridized carbons (Fsp3) is 0.0909. The van der Waals surface area contributed by atoms with E-state index in [2.05, 4.69) is 5.10 Å². The van der Waals surface area contributed by atoms with Crippen LogP contribution in [0.15, 0.2) is 36.7 Å². The number of hydrogen-bond acceptors (Lipinski definition) is 3. The SMILES string of the molecule is Nc1ccc(Cn2cc(C(=O)O)cn2)cc1. The third-order valence-electron chi connectivity index (χ3n) is 2.20. The second kappa shape index (κ2) is 4.06. The van der Waals surface area contributed by atoms with Gasteiger partial charge in [0.2, 0.25) is 0 Å². The number of carboxylic acids is 1. The maximum atomic E-state index is 10.6. The number of carbonyl (C=O) groups is 1. The molecule has 16 heavy (non-hydrogen) atoms. The molecule has 5 nitrogen and oxygen atoms in total. The molecule has 0 aliphatic heterocycles. The predicted octanol–water partition coefficient (Wildman–Crippen LogP) is 1.21. The summed E-state index contributed by atoms with van der Waals surface area (Å²) < 4.78 is 1.58. The molecule has 5 heteroatoms. The van der Waals surface area contributed by atoms with E-state index in [9.17, 15) is 4.79 Å². The van der Waals surface area contributed by atoms with E-state index >= 15 is 0 Å². The summed E-state index contributed by atoms with van der Waals surface area (Å²) in [4.78, 5) is 10.6. The first-order valence-corrected chi connectivity index (χ1v) is 4.75. The zero-order chi connectivity index (χ0) is 11.5. The molecular weight excluding hydrogens is 206 g/mol. The van der Waals surface area contributed by atoms with Gasteiger partial charge in [0.05, 0.1) is 18.3 Å². The number of hydrogen-bond donors (Lipinski definition) is 2. The zero-order valence-corrected chi connectivity index (χ0v) is 8.50. The van der Waals surface area contributed by atoms with Crippen molar-refractivity contribution in [2.24, 2.45) is 0 Å². The molecule has 0 fully saturated rings. The van der Waals surface area contributed by atoms with Gasteiger partial charge in [-0.05, 0) is 17.7 Å². The van der Waals surface area contributed by atoms with Crippen LogP contribution in [-0.2, 0) is 6.54 Å². The fourth-order valence-corrected chi connectivity index (χ4v) is 1.37. The highest BCUT2D eigenvalue weighted by atomic mass is 16.4. The lowest BCUT2D eigenvalue weighted by Gasteiger charge is -2.01. The fourth-order valence-electron chi connectivity index (χ4n) is 1.37. The normalized spacial score (nSPS) is 10.2. The Morgan fingerprint density at radius 3 is 2.62 bits per heavy atom. The van der Waals surface area contributed by atoms with Crippen molar-refractivity contribution in [1.29, 1.82) is 0 Å². The maximum Gasteiger partial charge on any atom is 0.338 e. The van der Waals surface area contributed by atoms with Crippen molar-refractivity contribution in [2.75, 3.05) is 5.73 Å². The zero-order valence-electron chi connectivity index (χ0n) is 8.50. The molecule has 0 saturated carbocycles. The van der Waals surface area contributed by atoms with Gasteiger partial charge in [0.15, 0.2) is 0 Å². The van der Waals surface area contributed by atoms with E-state index in [-0.39, 0.29) is 5.56 Å². The molecule has 0 amide bonds. The first kappa shape index (κ1) is 10.2. The summed E-state index contributed by atoms with van der Waals surface area (Å²) in [7, 11) is 0. The van der Waals surface area contributed by atoms with Crippen molar-refractivity contribution >= 4 is 11.7 Å². The molecule has 3 N–H and O–H groups in total. The van der Waals surface area contributed by atoms with Gasteiger partial charge in [-0.2, -0.15) is 5.10 Å². The molecule has 0 atom stereocenters. The lowest BCUT2D eigenvalue weighted by atomic mass is 10.2.